The molecular formula is C49H55BrF3N7O10. The molecule has 4 aromatic rings. The van der Waals surface area contributed by atoms with Crippen molar-refractivity contribution in [1.29, 1.82) is 0 Å². The van der Waals surface area contributed by atoms with Gasteiger partial charge >= 0.3 is 12.4 Å². The second kappa shape index (κ2) is 22.7. The summed E-state index contributed by atoms with van der Waals surface area (Å²) in [6, 6.07) is 12.8. The number of urea groups is 1. The number of carbonyl (C=O) groups excluding carboxylic acids is 3. The highest BCUT2D eigenvalue weighted by Crippen LogP contribution is 2.52. The highest BCUT2D eigenvalue weighted by atomic mass is 79.9. The summed E-state index contributed by atoms with van der Waals surface area (Å²) in [5, 5.41) is 17.0. The number of alkyl halides is 3. The number of anilines is 2. The second-order valence-electron chi connectivity index (χ2n) is 18.1. The number of nitro benzene ring substituents is 1. The lowest BCUT2D eigenvalue weighted by Crippen LogP contribution is -2.48. The Labute approximate surface area is 411 Å². The molecule has 3 aliphatic rings. The number of ether oxygens (including phenoxy) is 5. The molecule has 17 nitrogen and oxygen atoms in total. The summed E-state index contributed by atoms with van der Waals surface area (Å²) in [5.74, 6) is -0.216. The predicted octanol–water partition coefficient (Wildman–Crippen LogP) is 8.65. The van der Waals surface area contributed by atoms with Gasteiger partial charge in [-0.3, -0.25) is 30.0 Å². The van der Waals surface area contributed by atoms with Crippen LogP contribution in [0.3, 0.4) is 0 Å². The first kappa shape index (κ1) is 51.7. The van der Waals surface area contributed by atoms with Gasteiger partial charge in [-0.15, -0.1) is 13.2 Å². The average molecular weight is 1040 g/mol. The lowest BCUT2D eigenvalue weighted by Gasteiger charge is -2.46. The van der Waals surface area contributed by atoms with E-state index in [1.54, 1.807) is 34.9 Å². The van der Waals surface area contributed by atoms with Crippen LogP contribution >= 0.6 is 15.9 Å². The number of nitrogens with zero attached hydrogens (tertiary/aromatic N) is 5. The van der Waals surface area contributed by atoms with E-state index in [1.165, 1.54) is 30.6 Å². The van der Waals surface area contributed by atoms with Crippen LogP contribution in [0, 0.1) is 41.2 Å². The number of morpholine rings is 1. The number of amides is 4. The Kier molecular flexibility index (Phi) is 16.8. The van der Waals surface area contributed by atoms with Crippen LogP contribution in [-0.4, -0.2) is 121 Å². The third-order valence-corrected chi connectivity index (χ3v) is 13.5. The van der Waals surface area contributed by atoms with Crippen LogP contribution < -0.4 is 20.1 Å². The van der Waals surface area contributed by atoms with E-state index in [2.05, 4.69) is 67.3 Å². The van der Waals surface area contributed by atoms with Crippen molar-refractivity contribution >= 4 is 51.0 Å². The Morgan fingerprint density at radius 3 is 2.50 bits per heavy atom. The standard InChI is InChI=1S/C49H55BrF3N7O10/c1-30-20-43(42(23-41(30)50)56-47(63)57-44-25-54-31(2)24-55-44)69-27-36-26-58(15-17-68-36)45(61)28-67-19-18-66-16-14-59(46(62)32-9-12-35(13-10-32)70-49(51,52)53)29-48(3,4)40-21-33-8-11-34(60(64)65)22-39(33)37-6-5-7-38(37)40/h5-6,8-13,20,22-25,36-38,40H,7,14-19,21,26-29H2,1-4H3,(H2,55,56,57,63)/t36-,37?,38?,40?/m0/s1. The topological polar surface area (TPSA) is 197 Å². The van der Waals surface area contributed by atoms with Crippen LogP contribution in [0.2, 0.25) is 0 Å². The van der Waals surface area contributed by atoms with E-state index >= 15 is 0 Å². The quantitative estimate of drug-likeness (QED) is 0.0393. The Hall–Kier alpha value is -6.16. The fourth-order valence-electron chi connectivity index (χ4n) is 9.17. The summed E-state index contributed by atoms with van der Waals surface area (Å²) < 4.78 is 67.1. The van der Waals surface area contributed by atoms with Crippen molar-refractivity contribution in [2.24, 2.45) is 17.3 Å². The first-order valence-corrected chi connectivity index (χ1v) is 23.6. The number of aromatic nitrogens is 2. The molecular weight excluding hydrogens is 983 g/mol. The van der Waals surface area contributed by atoms with Gasteiger partial charge in [-0.25, -0.2) is 9.78 Å². The number of benzene rings is 3. The van der Waals surface area contributed by atoms with Gasteiger partial charge in [0.05, 0.1) is 61.7 Å². The van der Waals surface area contributed by atoms with Crippen LogP contribution in [0.5, 0.6) is 11.5 Å². The fraction of sp³-hybridized carbons (Fsp3) is 0.449. The number of fused-ring (bicyclic) bond motifs is 3. The van der Waals surface area contributed by atoms with Gasteiger partial charge in [0.25, 0.3) is 11.6 Å². The summed E-state index contributed by atoms with van der Waals surface area (Å²) >= 11 is 3.50. The number of rotatable bonds is 19. The number of non-ortho nitro benzene ring substituents is 1. The van der Waals surface area contributed by atoms with E-state index < -0.39 is 35.6 Å². The zero-order valence-corrected chi connectivity index (χ0v) is 40.7. The Balaban J connectivity index is 0.900. The van der Waals surface area contributed by atoms with Crippen molar-refractivity contribution in [1.82, 2.24) is 19.8 Å². The van der Waals surface area contributed by atoms with Crippen molar-refractivity contribution < 1.29 is 56.2 Å². The number of nitro groups is 1. The lowest BCUT2D eigenvalue weighted by atomic mass is 9.60. The van der Waals surface area contributed by atoms with E-state index in [0.29, 0.717) is 30.1 Å². The molecule has 2 heterocycles. The first-order valence-electron chi connectivity index (χ1n) is 22.8. The van der Waals surface area contributed by atoms with Gasteiger partial charge in [0, 0.05) is 47.7 Å². The fourth-order valence-corrected chi connectivity index (χ4v) is 9.52. The lowest BCUT2D eigenvalue weighted by molar-refractivity contribution is -0.385. The van der Waals surface area contributed by atoms with E-state index in [9.17, 15) is 37.7 Å². The molecule has 2 N–H and O–H groups in total. The number of halogens is 4. The molecule has 4 amide bonds. The number of nitrogens with one attached hydrogen (secondary N) is 2. The van der Waals surface area contributed by atoms with Gasteiger partial charge in [-0.2, -0.15) is 0 Å². The number of hydrogen-bond donors (Lipinski definition) is 2. The SMILES string of the molecule is Cc1cnc(NC(=O)Nc2cc(Br)c(C)cc2OC[C@@H]2CN(C(=O)COCCOCCN(CC(C)(C)C3Cc4ccc([N+](=O)[O-])cc4C4C=CCC43)C(=O)c3ccc(OC(F)(F)F)cc3)CCO2)cn1. The molecule has 70 heavy (non-hydrogen) atoms. The molecule has 3 unspecified atom stereocenters. The average Bonchev–Trinajstić information content (AvgIpc) is 3.82. The third-order valence-electron chi connectivity index (χ3n) is 12.6. The third kappa shape index (κ3) is 13.6. The molecule has 7 rings (SSSR count). The van der Waals surface area contributed by atoms with Gasteiger partial charge in [-0.1, -0.05) is 48.0 Å². The molecule has 4 atom stereocenters. The Morgan fingerprint density at radius 2 is 1.77 bits per heavy atom. The summed E-state index contributed by atoms with van der Waals surface area (Å²) in [4.78, 5) is 62.9. The maximum Gasteiger partial charge on any atom is 0.573 e. The van der Waals surface area contributed by atoms with Crippen LogP contribution in [0.25, 0.3) is 0 Å². The van der Waals surface area contributed by atoms with Crippen molar-refractivity contribution in [2.45, 2.75) is 58.9 Å². The van der Waals surface area contributed by atoms with Gasteiger partial charge in [0.2, 0.25) is 5.91 Å². The predicted molar refractivity (Wildman–Crippen MR) is 255 cm³/mol. The molecule has 1 fully saturated rings. The van der Waals surface area contributed by atoms with E-state index in [4.69, 9.17) is 18.9 Å². The highest BCUT2D eigenvalue weighted by molar-refractivity contribution is 9.10. The highest BCUT2D eigenvalue weighted by Gasteiger charge is 2.45. The molecule has 0 bridgehead atoms. The van der Waals surface area contributed by atoms with Crippen molar-refractivity contribution in [3.63, 3.8) is 0 Å². The summed E-state index contributed by atoms with van der Waals surface area (Å²) in [7, 11) is 0. The van der Waals surface area contributed by atoms with Gasteiger partial charge < -0.3 is 38.8 Å². The number of allylic oxidation sites excluding steroid dienone is 2. The van der Waals surface area contributed by atoms with Crippen LogP contribution in [0.15, 0.2) is 83.6 Å². The number of carbonyl (C=O) groups is 3. The summed E-state index contributed by atoms with van der Waals surface area (Å²) in [6.07, 6.45) is 3.28. The molecule has 1 saturated heterocycles. The molecule has 1 aliphatic heterocycles. The van der Waals surface area contributed by atoms with Gasteiger partial charge in [-0.05, 0) is 97.0 Å². The van der Waals surface area contributed by atoms with Crippen LogP contribution in [0.1, 0.15) is 58.9 Å². The molecule has 21 heteroatoms. The van der Waals surface area contributed by atoms with Crippen molar-refractivity contribution in [3.8, 4) is 11.5 Å². The van der Waals surface area contributed by atoms with Crippen molar-refractivity contribution in [3.05, 3.63) is 122 Å². The van der Waals surface area contributed by atoms with E-state index in [1.807, 2.05) is 13.0 Å². The van der Waals surface area contributed by atoms with Gasteiger partial charge in [0.1, 0.15) is 30.8 Å². The molecule has 1 aromatic heterocycles. The number of hydrogen-bond acceptors (Lipinski definition) is 12. The van der Waals surface area contributed by atoms with Crippen LogP contribution in [-0.2, 0) is 25.4 Å². The smallest absolute Gasteiger partial charge is 0.489 e. The molecule has 0 spiro atoms. The monoisotopic (exact) mass is 1040 g/mol. The summed E-state index contributed by atoms with van der Waals surface area (Å²) in [6.45, 7) is 9.34. The molecule has 3 aromatic carbocycles. The molecule has 2 aliphatic carbocycles. The minimum absolute atomic E-state index is 0.0140. The maximum absolute atomic E-state index is 14.1. The van der Waals surface area contributed by atoms with Gasteiger partial charge in [0.15, 0.2) is 5.82 Å². The van der Waals surface area contributed by atoms with E-state index in [0.717, 1.165) is 39.7 Å². The molecule has 374 valence electrons. The normalized spacial score (nSPS) is 18.7. The number of aryl methyl sites for hydroxylation is 2. The first-order chi connectivity index (χ1) is 33.3. The zero-order valence-electron chi connectivity index (χ0n) is 39.1. The Morgan fingerprint density at radius 1 is 1.00 bits per heavy atom. The Bertz CT molecular complexity index is 2550. The summed E-state index contributed by atoms with van der Waals surface area (Å²) in [5.41, 5.74) is 3.68. The zero-order chi connectivity index (χ0) is 50.2. The molecule has 0 saturated carbocycles. The van der Waals surface area contributed by atoms with Crippen LogP contribution in [0.4, 0.5) is 35.2 Å². The van der Waals surface area contributed by atoms with E-state index in [-0.39, 0.29) is 105 Å². The minimum Gasteiger partial charge on any atom is -0.489 e. The maximum atomic E-state index is 14.1. The minimum atomic E-state index is -4.89. The molecule has 0 radical (unpaired) electrons. The second-order valence-corrected chi connectivity index (χ2v) is 19.0. The van der Waals surface area contributed by atoms with Crippen molar-refractivity contribution in [2.75, 3.05) is 76.5 Å². The largest absolute Gasteiger partial charge is 0.573 e.